The van der Waals surface area contributed by atoms with E-state index in [0.29, 0.717) is 17.9 Å². The lowest BCUT2D eigenvalue weighted by Gasteiger charge is -2.24. The zero-order valence-corrected chi connectivity index (χ0v) is 16.3. The van der Waals surface area contributed by atoms with Gasteiger partial charge in [-0.3, -0.25) is 4.79 Å². The fourth-order valence-electron chi connectivity index (χ4n) is 3.44. The van der Waals surface area contributed by atoms with Gasteiger partial charge in [-0.1, -0.05) is 79.7 Å². The van der Waals surface area contributed by atoms with Gasteiger partial charge in [-0.25, -0.2) is 0 Å². The van der Waals surface area contributed by atoms with Crippen LogP contribution in [0.4, 0.5) is 0 Å². The number of hydrogen-bond acceptors (Lipinski definition) is 4. The molecule has 2 unspecified atom stereocenters. The number of ether oxygens (including phenoxy) is 1. The molecule has 29 heavy (non-hydrogen) atoms. The predicted octanol–water partition coefficient (Wildman–Crippen LogP) is 4.01. The molecule has 0 spiro atoms. The van der Waals surface area contributed by atoms with Gasteiger partial charge in [0.2, 0.25) is 0 Å². The molecular weight excluding hydrogens is 364 g/mol. The summed E-state index contributed by atoms with van der Waals surface area (Å²) in [7, 11) is 0. The molecule has 0 saturated carbocycles. The number of carboxylic acid groups (broad SMARTS) is 1. The molecule has 4 nitrogen and oxygen atoms in total. The van der Waals surface area contributed by atoms with Crippen LogP contribution in [-0.2, 0) is 11.4 Å². The lowest BCUT2D eigenvalue weighted by atomic mass is 9.80. The van der Waals surface area contributed by atoms with Crippen LogP contribution in [0.3, 0.4) is 0 Å². The monoisotopic (exact) mass is 387 g/mol. The summed E-state index contributed by atoms with van der Waals surface area (Å²) in [5, 5.41) is 11.1. The van der Waals surface area contributed by atoms with E-state index in [4.69, 9.17) is 4.74 Å². The smallest absolute Gasteiger partial charge is 0.170 e. The van der Waals surface area contributed by atoms with E-state index in [-0.39, 0.29) is 12.2 Å². The van der Waals surface area contributed by atoms with Gasteiger partial charge in [-0.2, -0.15) is 0 Å². The van der Waals surface area contributed by atoms with Crippen molar-refractivity contribution in [3.63, 3.8) is 0 Å². The van der Waals surface area contributed by atoms with E-state index in [0.717, 1.165) is 11.1 Å². The standard InChI is InChI=1S/C25H24O4/c1-18(15-23(26)27)24(20-11-6-3-7-12-20)25(28)21-13-8-14-22(16-21)29-17-19-9-4-2-5-10-19/h2-14,16,18,24H,15,17H2,1H3,(H,26,27)/p-1. The van der Waals surface area contributed by atoms with Crippen molar-refractivity contribution in [2.75, 3.05) is 0 Å². The Hall–Kier alpha value is -3.40. The predicted molar refractivity (Wildman–Crippen MR) is 110 cm³/mol. The summed E-state index contributed by atoms with van der Waals surface area (Å²) in [6.07, 6.45) is -0.185. The van der Waals surface area contributed by atoms with Crippen LogP contribution in [0.15, 0.2) is 84.9 Å². The fourth-order valence-corrected chi connectivity index (χ4v) is 3.44. The Kier molecular flexibility index (Phi) is 6.80. The fraction of sp³-hybridized carbons (Fsp3) is 0.200. The average molecular weight is 387 g/mol. The molecule has 0 fully saturated rings. The van der Waals surface area contributed by atoms with Crippen molar-refractivity contribution in [2.24, 2.45) is 5.92 Å². The number of carbonyl (C=O) groups excluding carboxylic acids is 2. The molecule has 0 amide bonds. The van der Waals surface area contributed by atoms with Crippen LogP contribution in [0.5, 0.6) is 5.75 Å². The van der Waals surface area contributed by atoms with Crippen LogP contribution < -0.4 is 9.84 Å². The van der Waals surface area contributed by atoms with Crippen molar-refractivity contribution in [1.82, 2.24) is 0 Å². The van der Waals surface area contributed by atoms with E-state index in [2.05, 4.69) is 0 Å². The summed E-state index contributed by atoms with van der Waals surface area (Å²) < 4.78 is 5.84. The van der Waals surface area contributed by atoms with Gasteiger partial charge < -0.3 is 14.6 Å². The first kappa shape index (κ1) is 20.3. The summed E-state index contributed by atoms with van der Waals surface area (Å²) >= 11 is 0. The minimum absolute atomic E-state index is 0.130. The van der Waals surface area contributed by atoms with Crippen molar-refractivity contribution >= 4 is 11.8 Å². The summed E-state index contributed by atoms with van der Waals surface area (Å²) in [6, 6.07) is 26.1. The van der Waals surface area contributed by atoms with Crippen LogP contribution in [0, 0.1) is 5.92 Å². The third-order valence-electron chi connectivity index (χ3n) is 4.87. The number of ketones is 1. The van der Waals surface area contributed by atoms with E-state index < -0.39 is 17.8 Å². The Morgan fingerprint density at radius 1 is 0.897 bits per heavy atom. The number of carboxylic acids is 1. The molecule has 0 saturated heterocycles. The molecule has 0 aromatic heterocycles. The van der Waals surface area contributed by atoms with Gasteiger partial charge in [0, 0.05) is 11.5 Å². The van der Waals surface area contributed by atoms with Crippen LogP contribution in [0.25, 0.3) is 0 Å². The highest BCUT2D eigenvalue weighted by atomic mass is 16.5. The molecule has 148 valence electrons. The minimum Gasteiger partial charge on any atom is -0.550 e. The lowest BCUT2D eigenvalue weighted by molar-refractivity contribution is -0.306. The van der Waals surface area contributed by atoms with E-state index in [1.165, 1.54) is 0 Å². The van der Waals surface area contributed by atoms with Gasteiger partial charge in [-0.15, -0.1) is 0 Å². The van der Waals surface area contributed by atoms with Crippen LogP contribution in [-0.4, -0.2) is 11.8 Å². The number of rotatable bonds is 9. The number of aliphatic carboxylic acids is 1. The Balaban J connectivity index is 1.82. The van der Waals surface area contributed by atoms with Gasteiger partial charge in [0.1, 0.15) is 12.4 Å². The number of benzene rings is 3. The van der Waals surface area contributed by atoms with Crippen LogP contribution >= 0.6 is 0 Å². The maximum absolute atomic E-state index is 13.3. The highest BCUT2D eigenvalue weighted by molar-refractivity contribution is 6.01. The van der Waals surface area contributed by atoms with E-state index in [9.17, 15) is 14.7 Å². The Bertz CT molecular complexity index is 951. The van der Waals surface area contributed by atoms with Gasteiger partial charge in [0.05, 0.1) is 5.92 Å². The zero-order valence-electron chi connectivity index (χ0n) is 16.3. The van der Waals surface area contributed by atoms with Crippen LogP contribution in [0.1, 0.15) is 40.7 Å². The van der Waals surface area contributed by atoms with Crippen molar-refractivity contribution in [3.8, 4) is 5.75 Å². The summed E-state index contributed by atoms with van der Waals surface area (Å²) in [5.74, 6) is -1.66. The summed E-state index contributed by atoms with van der Waals surface area (Å²) in [6.45, 7) is 2.17. The molecule has 0 N–H and O–H groups in total. The topological polar surface area (TPSA) is 66.4 Å². The first-order valence-electron chi connectivity index (χ1n) is 9.60. The average Bonchev–Trinajstić information content (AvgIpc) is 2.73. The molecule has 0 radical (unpaired) electrons. The molecule has 3 aromatic carbocycles. The quantitative estimate of drug-likeness (QED) is 0.521. The van der Waals surface area contributed by atoms with Crippen LogP contribution in [0.2, 0.25) is 0 Å². The Labute approximate surface area is 170 Å². The van der Waals surface area contributed by atoms with Crippen molar-refractivity contribution in [2.45, 2.75) is 25.9 Å². The zero-order chi connectivity index (χ0) is 20.6. The van der Waals surface area contributed by atoms with Crippen molar-refractivity contribution in [1.29, 1.82) is 0 Å². The van der Waals surface area contributed by atoms with E-state index in [1.807, 2.05) is 66.7 Å². The molecule has 0 bridgehead atoms. The normalized spacial score (nSPS) is 12.7. The Morgan fingerprint density at radius 2 is 1.55 bits per heavy atom. The highest BCUT2D eigenvalue weighted by Gasteiger charge is 2.28. The van der Waals surface area contributed by atoms with E-state index >= 15 is 0 Å². The molecule has 0 aliphatic carbocycles. The number of carbonyl (C=O) groups is 2. The highest BCUT2D eigenvalue weighted by Crippen LogP contribution is 2.31. The first-order valence-corrected chi connectivity index (χ1v) is 9.60. The van der Waals surface area contributed by atoms with Crippen molar-refractivity contribution < 1.29 is 19.4 Å². The van der Waals surface area contributed by atoms with Gasteiger partial charge in [0.25, 0.3) is 0 Å². The van der Waals surface area contributed by atoms with Gasteiger partial charge >= 0.3 is 0 Å². The Morgan fingerprint density at radius 3 is 2.21 bits per heavy atom. The van der Waals surface area contributed by atoms with E-state index in [1.54, 1.807) is 25.1 Å². The molecule has 3 rings (SSSR count). The largest absolute Gasteiger partial charge is 0.550 e. The maximum Gasteiger partial charge on any atom is 0.170 e. The SMILES string of the molecule is CC(CC(=O)[O-])C(C(=O)c1cccc(OCc2ccccc2)c1)c1ccccc1. The van der Waals surface area contributed by atoms with Gasteiger partial charge in [0.15, 0.2) is 5.78 Å². The lowest BCUT2D eigenvalue weighted by Crippen LogP contribution is -2.29. The first-order chi connectivity index (χ1) is 14.0. The second kappa shape index (κ2) is 9.69. The third-order valence-corrected chi connectivity index (χ3v) is 4.87. The molecule has 2 atom stereocenters. The van der Waals surface area contributed by atoms with Gasteiger partial charge in [-0.05, 0) is 35.6 Å². The third kappa shape index (κ3) is 5.55. The molecule has 3 aromatic rings. The maximum atomic E-state index is 13.3. The summed E-state index contributed by atoms with van der Waals surface area (Å²) in [5.41, 5.74) is 2.32. The second-order valence-corrected chi connectivity index (χ2v) is 7.11. The molecular formula is C25H23O4-. The molecule has 4 heteroatoms. The molecule has 0 aliphatic rings. The molecule has 0 heterocycles. The number of Topliss-reactive ketones (excluding diaryl/α,β-unsaturated/α-hetero) is 1. The summed E-state index contributed by atoms with van der Waals surface area (Å²) in [4.78, 5) is 24.5. The molecule has 0 aliphatic heterocycles. The number of hydrogen-bond donors (Lipinski definition) is 0. The minimum atomic E-state index is -1.16. The second-order valence-electron chi connectivity index (χ2n) is 7.11. The van der Waals surface area contributed by atoms with Crippen molar-refractivity contribution in [3.05, 3.63) is 102 Å².